The van der Waals surface area contributed by atoms with Gasteiger partial charge in [-0.05, 0) is 12.5 Å². The van der Waals surface area contributed by atoms with Crippen LogP contribution in [0.2, 0.25) is 0 Å². The highest BCUT2D eigenvalue weighted by molar-refractivity contribution is 5.61. The number of halogens is 1. The van der Waals surface area contributed by atoms with Crippen molar-refractivity contribution in [1.29, 1.82) is 0 Å². The third-order valence-electron chi connectivity index (χ3n) is 1.32. The molecule has 1 unspecified atom stereocenters. The third-order valence-corrected chi connectivity index (χ3v) is 1.32. The fraction of sp³-hybridized carbons (Fsp3) is 0.571. The van der Waals surface area contributed by atoms with E-state index < -0.39 is 6.17 Å². The molecule has 0 spiro atoms. The number of hydrogen-bond acceptors (Lipinski definition) is 1. The first-order chi connectivity index (χ1) is 4.33. The van der Waals surface area contributed by atoms with Crippen LogP contribution in [0.5, 0.6) is 0 Å². The summed E-state index contributed by atoms with van der Waals surface area (Å²) in [6.45, 7) is 1.97. The molecule has 0 aromatic heterocycles. The standard InChI is InChI=1S/C7H10FN/c1-2-7-5-6(8)3-4-9-7/h4-6H,2-3H2,1H3. The molecule has 0 amide bonds. The number of nitrogens with zero attached hydrogens (tertiary/aromatic N) is 1. The molecule has 1 nitrogen and oxygen atoms in total. The molecule has 0 saturated carbocycles. The molecule has 1 aliphatic rings. The summed E-state index contributed by atoms with van der Waals surface area (Å²) in [6, 6.07) is 0. The Bertz CT molecular complexity index is 149. The maximum Gasteiger partial charge on any atom is 0.125 e. The second kappa shape index (κ2) is 2.76. The van der Waals surface area contributed by atoms with E-state index in [-0.39, 0.29) is 0 Å². The Balaban J connectivity index is 2.59. The Morgan fingerprint density at radius 3 is 3.11 bits per heavy atom. The molecule has 0 saturated heterocycles. The number of alkyl halides is 1. The molecule has 2 heteroatoms. The van der Waals surface area contributed by atoms with Crippen molar-refractivity contribution in [2.24, 2.45) is 4.99 Å². The molecular formula is C7H10FN. The Kier molecular flexibility index (Phi) is 1.98. The van der Waals surface area contributed by atoms with Crippen molar-refractivity contribution in [2.45, 2.75) is 25.9 Å². The normalized spacial score (nSPS) is 26.0. The van der Waals surface area contributed by atoms with Crippen LogP contribution in [-0.2, 0) is 0 Å². The van der Waals surface area contributed by atoms with Crippen LogP contribution in [0.15, 0.2) is 16.8 Å². The first kappa shape index (κ1) is 6.46. The van der Waals surface area contributed by atoms with Crippen LogP contribution in [-0.4, -0.2) is 12.4 Å². The van der Waals surface area contributed by atoms with Gasteiger partial charge in [-0.2, -0.15) is 0 Å². The van der Waals surface area contributed by atoms with Crippen LogP contribution in [0.3, 0.4) is 0 Å². The van der Waals surface area contributed by atoms with Gasteiger partial charge < -0.3 is 0 Å². The van der Waals surface area contributed by atoms with Crippen molar-refractivity contribution in [3.8, 4) is 0 Å². The van der Waals surface area contributed by atoms with E-state index in [1.807, 2.05) is 6.92 Å². The van der Waals surface area contributed by atoms with Gasteiger partial charge in [-0.3, -0.25) is 4.99 Å². The van der Waals surface area contributed by atoms with E-state index in [0.717, 1.165) is 12.1 Å². The SMILES string of the molecule is CCC1=CC(F)CC=N1. The van der Waals surface area contributed by atoms with Gasteiger partial charge in [0.15, 0.2) is 0 Å². The van der Waals surface area contributed by atoms with Crippen molar-refractivity contribution in [1.82, 2.24) is 0 Å². The molecule has 0 radical (unpaired) electrons. The molecule has 0 aromatic carbocycles. The summed E-state index contributed by atoms with van der Waals surface area (Å²) in [5.74, 6) is 0. The van der Waals surface area contributed by atoms with Crippen LogP contribution >= 0.6 is 0 Å². The molecule has 0 aromatic rings. The van der Waals surface area contributed by atoms with E-state index in [9.17, 15) is 4.39 Å². The Morgan fingerprint density at radius 2 is 2.67 bits per heavy atom. The molecule has 0 N–H and O–H groups in total. The van der Waals surface area contributed by atoms with Crippen molar-refractivity contribution < 1.29 is 4.39 Å². The molecule has 50 valence electrons. The van der Waals surface area contributed by atoms with Crippen LogP contribution < -0.4 is 0 Å². The summed E-state index contributed by atoms with van der Waals surface area (Å²) >= 11 is 0. The minimum atomic E-state index is -0.794. The molecule has 1 atom stereocenters. The largest absolute Gasteiger partial charge is 0.266 e. The van der Waals surface area contributed by atoms with E-state index in [2.05, 4.69) is 4.99 Å². The van der Waals surface area contributed by atoms with Gasteiger partial charge in [-0.1, -0.05) is 6.92 Å². The maximum absolute atomic E-state index is 12.5. The van der Waals surface area contributed by atoms with Crippen LogP contribution in [0.1, 0.15) is 19.8 Å². The van der Waals surface area contributed by atoms with E-state index >= 15 is 0 Å². The molecule has 9 heavy (non-hydrogen) atoms. The lowest BCUT2D eigenvalue weighted by molar-refractivity contribution is 0.408. The summed E-state index contributed by atoms with van der Waals surface area (Å²) in [6.07, 6.45) is 3.71. The van der Waals surface area contributed by atoms with E-state index in [0.29, 0.717) is 6.42 Å². The van der Waals surface area contributed by atoms with E-state index in [4.69, 9.17) is 0 Å². The van der Waals surface area contributed by atoms with E-state index in [1.165, 1.54) is 0 Å². The smallest absolute Gasteiger partial charge is 0.125 e. The molecule has 1 rings (SSSR count). The van der Waals surface area contributed by atoms with Gasteiger partial charge in [0.1, 0.15) is 6.17 Å². The van der Waals surface area contributed by atoms with Crippen LogP contribution in [0, 0.1) is 0 Å². The molecule has 0 bridgehead atoms. The van der Waals surface area contributed by atoms with Gasteiger partial charge in [0.25, 0.3) is 0 Å². The Hall–Kier alpha value is -0.660. The zero-order valence-electron chi connectivity index (χ0n) is 5.47. The summed E-state index contributed by atoms with van der Waals surface area (Å²) in [5, 5.41) is 0. The van der Waals surface area contributed by atoms with Crippen molar-refractivity contribution >= 4 is 6.21 Å². The fourth-order valence-electron chi connectivity index (χ4n) is 0.800. The third kappa shape index (κ3) is 1.63. The Morgan fingerprint density at radius 1 is 1.89 bits per heavy atom. The molecular weight excluding hydrogens is 117 g/mol. The van der Waals surface area contributed by atoms with Gasteiger partial charge in [0.2, 0.25) is 0 Å². The summed E-state index contributed by atoms with van der Waals surface area (Å²) < 4.78 is 12.5. The molecule has 1 aliphatic heterocycles. The van der Waals surface area contributed by atoms with Gasteiger partial charge in [0, 0.05) is 18.3 Å². The average Bonchev–Trinajstić information content (AvgIpc) is 1.88. The summed E-state index contributed by atoms with van der Waals surface area (Å²) in [4.78, 5) is 3.99. The van der Waals surface area contributed by atoms with Crippen molar-refractivity contribution in [2.75, 3.05) is 0 Å². The second-order valence-corrected chi connectivity index (χ2v) is 2.07. The highest BCUT2D eigenvalue weighted by atomic mass is 19.1. The highest BCUT2D eigenvalue weighted by Gasteiger charge is 2.05. The topological polar surface area (TPSA) is 12.4 Å². The summed E-state index contributed by atoms with van der Waals surface area (Å²) in [5.41, 5.74) is 0.869. The van der Waals surface area contributed by atoms with E-state index in [1.54, 1.807) is 12.3 Å². The van der Waals surface area contributed by atoms with Crippen molar-refractivity contribution in [3.63, 3.8) is 0 Å². The zero-order chi connectivity index (χ0) is 6.69. The maximum atomic E-state index is 12.5. The van der Waals surface area contributed by atoms with Crippen molar-refractivity contribution in [3.05, 3.63) is 11.8 Å². The van der Waals surface area contributed by atoms with Gasteiger partial charge in [0.05, 0.1) is 0 Å². The van der Waals surface area contributed by atoms with Crippen LogP contribution in [0.4, 0.5) is 4.39 Å². The Labute approximate surface area is 54.3 Å². The predicted molar refractivity (Wildman–Crippen MR) is 36.4 cm³/mol. The first-order valence-electron chi connectivity index (χ1n) is 3.20. The number of aliphatic imine (C=N–C) groups is 1. The highest BCUT2D eigenvalue weighted by Crippen LogP contribution is 2.12. The van der Waals surface area contributed by atoms with Gasteiger partial charge in [-0.25, -0.2) is 4.39 Å². The minimum Gasteiger partial charge on any atom is -0.266 e. The minimum absolute atomic E-state index is 0.448. The fourth-order valence-corrected chi connectivity index (χ4v) is 0.800. The monoisotopic (exact) mass is 127 g/mol. The second-order valence-electron chi connectivity index (χ2n) is 2.07. The number of hydrogen-bond donors (Lipinski definition) is 0. The summed E-state index contributed by atoms with van der Waals surface area (Å²) in [7, 11) is 0. The number of allylic oxidation sites excluding steroid dienone is 2. The lowest BCUT2D eigenvalue weighted by Crippen LogP contribution is -2.02. The lowest BCUT2D eigenvalue weighted by Gasteiger charge is -2.05. The average molecular weight is 127 g/mol. The quantitative estimate of drug-likeness (QED) is 0.511. The lowest BCUT2D eigenvalue weighted by atomic mass is 10.2. The van der Waals surface area contributed by atoms with Gasteiger partial charge in [-0.15, -0.1) is 0 Å². The number of rotatable bonds is 1. The predicted octanol–water partition coefficient (Wildman–Crippen LogP) is 2.09. The van der Waals surface area contributed by atoms with Crippen LogP contribution in [0.25, 0.3) is 0 Å². The zero-order valence-corrected chi connectivity index (χ0v) is 5.47. The molecule has 1 heterocycles. The molecule has 0 fully saturated rings. The van der Waals surface area contributed by atoms with Gasteiger partial charge >= 0.3 is 0 Å². The molecule has 0 aliphatic carbocycles. The first-order valence-corrected chi connectivity index (χ1v) is 3.20.